The Bertz CT molecular complexity index is 749. The Morgan fingerprint density at radius 1 is 1.08 bits per heavy atom. The predicted octanol–water partition coefficient (Wildman–Crippen LogP) is 4.03. The van der Waals surface area contributed by atoms with E-state index in [1.807, 2.05) is 38.1 Å². The van der Waals surface area contributed by atoms with Gasteiger partial charge in [0, 0.05) is 27.5 Å². The molecule has 0 heterocycles. The third kappa shape index (κ3) is 6.23. The number of hydrogen-bond acceptors (Lipinski definition) is 3. The molecule has 2 aromatic rings. The summed E-state index contributed by atoms with van der Waals surface area (Å²) in [5.74, 6) is -0.322. The fourth-order valence-electron chi connectivity index (χ4n) is 2.13. The fourth-order valence-corrected chi connectivity index (χ4v) is 2.53. The van der Waals surface area contributed by atoms with Crippen molar-refractivity contribution in [1.82, 2.24) is 5.32 Å². The maximum Gasteiger partial charge on any atom is 0.251 e. The molecule has 0 aliphatic heterocycles. The molecule has 5 nitrogen and oxygen atoms in total. The first kappa shape index (κ1) is 19.0. The predicted molar refractivity (Wildman–Crippen MR) is 105 cm³/mol. The molecule has 2 amide bonds. The monoisotopic (exact) mass is 403 g/mol. The Labute approximate surface area is 156 Å². The van der Waals surface area contributed by atoms with Crippen LogP contribution < -0.4 is 16.0 Å². The molecule has 3 N–H and O–H groups in total. The molecule has 0 saturated carbocycles. The van der Waals surface area contributed by atoms with Crippen LogP contribution in [0.4, 0.5) is 11.4 Å². The number of benzene rings is 2. The van der Waals surface area contributed by atoms with E-state index >= 15 is 0 Å². The molecular weight excluding hydrogens is 382 g/mol. The summed E-state index contributed by atoms with van der Waals surface area (Å²) >= 11 is 3.39. The van der Waals surface area contributed by atoms with Crippen LogP contribution in [0.5, 0.6) is 0 Å². The van der Waals surface area contributed by atoms with Gasteiger partial charge in [0.05, 0.1) is 6.54 Å². The zero-order valence-corrected chi connectivity index (χ0v) is 15.9. The quantitative estimate of drug-likeness (QED) is 0.653. The van der Waals surface area contributed by atoms with Crippen LogP contribution in [0.25, 0.3) is 0 Å². The minimum absolute atomic E-state index is 0.111. The zero-order chi connectivity index (χ0) is 18.2. The molecule has 0 fully saturated rings. The topological polar surface area (TPSA) is 70.2 Å². The first-order chi connectivity index (χ1) is 12.0. The highest BCUT2D eigenvalue weighted by molar-refractivity contribution is 9.10. The molecule has 0 bridgehead atoms. The summed E-state index contributed by atoms with van der Waals surface area (Å²) in [7, 11) is 0. The second-order valence-electron chi connectivity index (χ2n) is 5.78. The van der Waals surface area contributed by atoms with Gasteiger partial charge in [0.25, 0.3) is 5.91 Å². The van der Waals surface area contributed by atoms with Crippen LogP contribution in [0, 0.1) is 0 Å². The van der Waals surface area contributed by atoms with Crippen LogP contribution in [0.15, 0.2) is 53.0 Å². The van der Waals surface area contributed by atoms with Gasteiger partial charge in [0.1, 0.15) is 0 Å². The third-order valence-electron chi connectivity index (χ3n) is 3.68. The van der Waals surface area contributed by atoms with E-state index in [1.165, 1.54) is 0 Å². The smallest absolute Gasteiger partial charge is 0.251 e. The summed E-state index contributed by atoms with van der Waals surface area (Å²) in [5, 5.41) is 8.76. The molecule has 2 rings (SSSR count). The van der Waals surface area contributed by atoms with Crippen LogP contribution in [0.3, 0.4) is 0 Å². The van der Waals surface area contributed by atoms with Crippen molar-refractivity contribution in [3.63, 3.8) is 0 Å². The Morgan fingerprint density at radius 3 is 2.52 bits per heavy atom. The fraction of sp³-hybridized carbons (Fsp3) is 0.263. The number of carbonyl (C=O) groups is 2. The highest BCUT2D eigenvalue weighted by Crippen LogP contribution is 2.15. The van der Waals surface area contributed by atoms with Crippen LogP contribution in [0.1, 0.15) is 30.6 Å². The van der Waals surface area contributed by atoms with Gasteiger partial charge in [0.15, 0.2) is 0 Å². The Morgan fingerprint density at radius 2 is 1.80 bits per heavy atom. The van der Waals surface area contributed by atoms with Gasteiger partial charge in [-0.3, -0.25) is 9.59 Å². The maximum atomic E-state index is 12.2. The maximum absolute atomic E-state index is 12.2. The largest absolute Gasteiger partial charge is 0.376 e. The Hall–Kier alpha value is -2.34. The van der Waals surface area contributed by atoms with E-state index < -0.39 is 0 Å². The molecule has 1 unspecified atom stereocenters. The summed E-state index contributed by atoms with van der Waals surface area (Å²) in [4.78, 5) is 24.2. The van der Waals surface area contributed by atoms with Crippen LogP contribution in [-0.2, 0) is 4.79 Å². The van der Waals surface area contributed by atoms with Crippen molar-refractivity contribution in [1.29, 1.82) is 0 Å². The molecule has 0 aromatic heterocycles. The summed E-state index contributed by atoms with van der Waals surface area (Å²) < 4.78 is 0.943. The van der Waals surface area contributed by atoms with E-state index in [-0.39, 0.29) is 24.4 Å². The number of anilines is 2. The van der Waals surface area contributed by atoms with Gasteiger partial charge in [-0.25, -0.2) is 0 Å². The molecule has 25 heavy (non-hydrogen) atoms. The lowest BCUT2D eigenvalue weighted by atomic mass is 10.1. The lowest BCUT2D eigenvalue weighted by Crippen LogP contribution is -2.32. The molecule has 132 valence electrons. The normalized spacial score (nSPS) is 11.5. The lowest BCUT2D eigenvalue weighted by Gasteiger charge is -2.12. The number of halogens is 1. The zero-order valence-electron chi connectivity index (χ0n) is 14.3. The van der Waals surface area contributed by atoms with Gasteiger partial charge in [0.2, 0.25) is 5.91 Å². The summed E-state index contributed by atoms with van der Waals surface area (Å²) in [6.07, 6.45) is 0.865. The van der Waals surface area contributed by atoms with Gasteiger partial charge >= 0.3 is 0 Å². The Kier molecular flexibility index (Phi) is 7.01. The molecule has 0 aliphatic rings. The minimum atomic E-state index is -0.181. The van der Waals surface area contributed by atoms with Crippen molar-refractivity contribution in [2.45, 2.75) is 26.3 Å². The molecule has 6 heteroatoms. The number of carbonyl (C=O) groups excluding carboxylic acids is 2. The van der Waals surface area contributed by atoms with Crippen molar-refractivity contribution < 1.29 is 9.59 Å². The standard InChI is InChI=1S/C19H22BrN3O2/c1-3-13(2)22-19(25)14-6-4-9-17(10-14)23-18(24)12-21-16-8-5-7-15(20)11-16/h4-11,13,21H,3,12H2,1-2H3,(H,22,25)(H,23,24). The van der Waals surface area contributed by atoms with E-state index in [0.29, 0.717) is 11.3 Å². The van der Waals surface area contributed by atoms with Crippen LogP contribution >= 0.6 is 15.9 Å². The van der Waals surface area contributed by atoms with E-state index in [2.05, 4.69) is 31.9 Å². The summed E-state index contributed by atoms with van der Waals surface area (Å²) in [6.45, 7) is 4.11. The summed E-state index contributed by atoms with van der Waals surface area (Å²) in [6, 6.07) is 14.6. The molecule has 0 radical (unpaired) electrons. The van der Waals surface area contributed by atoms with Gasteiger partial charge in [-0.2, -0.15) is 0 Å². The highest BCUT2D eigenvalue weighted by atomic mass is 79.9. The lowest BCUT2D eigenvalue weighted by molar-refractivity contribution is -0.114. The van der Waals surface area contributed by atoms with E-state index in [1.54, 1.807) is 24.3 Å². The first-order valence-corrected chi connectivity index (χ1v) is 8.97. The van der Waals surface area contributed by atoms with Gasteiger partial charge < -0.3 is 16.0 Å². The number of rotatable bonds is 7. The van der Waals surface area contributed by atoms with E-state index in [9.17, 15) is 9.59 Å². The minimum Gasteiger partial charge on any atom is -0.376 e. The Balaban J connectivity index is 1.92. The second kappa shape index (κ2) is 9.22. The van der Waals surface area contributed by atoms with Gasteiger partial charge in [-0.05, 0) is 49.7 Å². The molecular formula is C19H22BrN3O2. The first-order valence-electron chi connectivity index (χ1n) is 8.18. The van der Waals surface area contributed by atoms with Crippen molar-refractivity contribution in [3.05, 3.63) is 58.6 Å². The average molecular weight is 404 g/mol. The molecule has 0 saturated heterocycles. The van der Waals surface area contributed by atoms with Crippen LogP contribution in [-0.4, -0.2) is 24.4 Å². The average Bonchev–Trinajstić information content (AvgIpc) is 2.60. The van der Waals surface area contributed by atoms with Gasteiger partial charge in [-0.15, -0.1) is 0 Å². The van der Waals surface area contributed by atoms with Crippen molar-refractivity contribution >= 4 is 39.1 Å². The second-order valence-corrected chi connectivity index (χ2v) is 6.69. The highest BCUT2D eigenvalue weighted by Gasteiger charge is 2.10. The molecule has 1 atom stereocenters. The van der Waals surface area contributed by atoms with Gasteiger partial charge in [-0.1, -0.05) is 35.0 Å². The third-order valence-corrected chi connectivity index (χ3v) is 4.17. The SMILES string of the molecule is CCC(C)NC(=O)c1cccc(NC(=O)CNc2cccc(Br)c2)c1. The summed E-state index contributed by atoms with van der Waals surface area (Å²) in [5.41, 5.74) is 1.97. The molecule has 0 aliphatic carbocycles. The molecule has 2 aromatic carbocycles. The molecule has 0 spiro atoms. The number of nitrogens with one attached hydrogen (secondary N) is 3. The van der Waals surface area contributed by atoms with Crippen molar-refractivity contribution in [3.8, 4) is 0 Å². The van der Waals surface area contributed by atoms with E-state index in [0.717, 1.165) is 16.6 Å². The van der Waals surface area contributed by atoms with Crippen molar-refractivity contribution in [2.75, 3.05) is 17.2 Å². The number of hydrogen-bond donors (Lipinski definition) is 3. The van der Waals surface area contributed by atoms with E-state index in [4.69, 9.17) is 0 Å². The number of amides is 2. The van der Waals surface area contributed by atoms with Crippen LogP contribution in [0.2, 0.25) is 0 Å². The van der Waals surface area contributed by atoms with Crippen molar-refractivity contribution in [2.24, 2.45) is 0 Å².